The van der Waals surface area contributed by atoms with Crippen molar-refractivity contribution in [2.75, 3.05) is 19.7 Å². The number of nitriles is 1. The fraction of sp³-hybridized carbons (Fsp3) is 0.667. The molecule has 1 aromatic rings. The molecule has 6 heteroatoms. The van der Waals surface area contributed by atoms with Crippen molar-refractivity contribution in [2.45, 2.75) is 26.0 Å². The van der Waals surface area contributed by atoms with E-state index in [4.69, 9.17) is 10.00 Å². The van der Waals surface area contributed by atoms with Crippen LogP contribution in [0.15, 0.2) is 4.47 Å². The first-order valence-electron chi connectivity index (χ1n) is 6.09. The third-order valence-electron chi connectivity index (χ3n) is 3.17. The molecule has 1 aliphatic rings. The zero-order chi connectivity index (χ0) is 13.1. The van der Waals surface area contributed by atoms with Gasteiger partial charge in [-0.15, -0.1) is 0 Å². The van der Waals surface area contributed by atoms with Crippen molar-refractivity contribution in [3.05, 3.63) is 15.9 Å². The maximum atomic E-state index is 8.90. The van der Waals surface area contributed by atoms with Gasteiger partial charge < -0.3 is 4.74 Å². The second kappa shape index (κ2) is 5.83. The van der Waals surface area contributed by atoms with Crippen molar-refractivity contribution in [1.29, 1.82) is 5.26 Å². The Kier molecular flexibility index (Phi) is 4.38. The second-order valence-electron chi connectivity index (χ2n) is 4.41. The van der Waals surface area contributed by atoms with Crippen LogP contribution in [-0.4, -0.2) is 40.5 Å². The number of hydrogen-bond donors (Lipinski definition) is 0. The zero-order valence-corrected chi connectivity index (χ0v) is 12.3. The summed E-state index contributed by atoms with van der Waals surface area (Å²) in [5.74, 6) is 0. The van der Waals surface area contributed by atoms with Crippen LogP contribution < -0.4 is 0 Å². The second-order valence-corrected chi connectivity index (χ2v) is 5.20. The van der Waals surface area contributed by atoms with Gasteiger partial charge in [0.1, 0.15) is 0 Å². The predicted octanol–water partition coefficient (Wildman–Crippen LogP) is 1.47. The molecule has 2 rings (SSSR count). The van der Waals surface area contributed by atoms with Gasteiger partial charge in [0.25, 0.3) is 0 Å². The SMILES string of the molecule is CCc1nn(C)c(CN2CCOC(C#N)C2)c1Br. The Balaban J connectivity index is 2.10. The summed E-state index contributed by atoms with van der Waals surface area (Å²) in [6, 6.07) is 2.17. The molecule has 5 nitrogen and oxygen atoms in total. The van der Waals surface area contributed by atoms with Gasteiger partial charge >= 0.3 is 0 Å². The maximum Gasteiger partial charge on any atom is 0.156 e. The van der Waals surface area contributed by atoms with Crippen LogP contribution in [-0.2, 0) is 24.8 Å². The Hall–Kier alpha value is -0.900. The molecule has 0 aliphatic carbocycles. The van der Waals surface area contributed by atoms with E-state index in [1.807, 2.05) is 11.7 Å². The summed E-state index contributed by atoms with van der Waals surface area (Å²) in [4.78, 5) is 2.23. The average molecular weight is 313 g/mol. The highest BCUT2D eigenvalue weighted by Gasteiger charge is 2.22. The first-order chi connectivity index (χ1) is 8.65. The van der Waals surface area contributed by atoms with E-state index >= 15 is 0 Å². The fourth-order valence-corrected chi connectivity index (χ4v) is 2.87. The number of hydrogen-bond acceptors (Lipinski definition) is 4. The minimum atomic E-state index is -0.309. The van der Waals surface area contributed by atoms with E-state index in [9.17, 15) is 0 Å². The predicted molar refractivity (Wildman–Crippen MR) is 70.9 cm³/mol. The van der Waals surface area contributed by atoms with Gasteiger partial charge in [-0.25, -0.2) is 0 Å². The molecule has 0 spiro atoms. The minimum absolute atomic E-state index is 0.309. The molecule has 1 fully saturated rings. The molecule has 0 aromatic carbocycles. The van der Waals surface area contributed by atoms with Crippen LogP contribution >= 0.6 is 15.9 Å². The van der Waals surface area contributed by atoms with E-state index < -0.39 is 0 Å². The summed E-state index contributed by atoms with van der Waals surface area (Å²) in [5, 5.41) is 13.4. The summed E-state index contributed by atoms with van der Waals surface area (Å²) in [7, 11) is 1.96. The molecule has 1 aliphatic heterocycles. The largest absolute Gasteiger partial charge is 0.361 e. The van der Waals surface area contributed by atoms with E-state index in [2.05, 4.69) is 38.9 Å². The number of rotatable bonds is 3. The highest BCUT2D eigenvalue weighted by atomic mass is 79.9. The third-order valence-corrected chi connectivity index (χ3v) is 4.09. The standard InChI is InChI=1S/C12H17BrN4O/c1-3-10-12(13)11(16(2)15-10)8-17-4-5-18-9(6-14)7-17/h9H,3-5,7-8H2,1-2H3. The molecule has 0 N–H and O–H groups in total. The van der Waals surface area contributed by atoms with Gasteiger partial charge in [-0.1, -0.05) is 6.92 Å². The molecule has 0 radical (unpaired) electrons. The molecule has 1 unspecified atom stereocenters. The Bertz CT molecular complexity index is 465. The normalized spacial score (nSPS) is 20.9. The number of ether oxygens (including phenoxy) is 1. The van der Waals surface area contributed by atoms with Crippen LogP contribution in [0.25, 0.3) is 0 Å². The summed E-state index contributed by atoms with van der Waals surface area (Å²) in [5.41, 5.74) is 2.24. The number of halogens is 1. The maximum absolute atomic E-state index is 8.90. The van der Waals surface area contributed by atoms with Crippen molar-refractivity contribution in [3.8, 4) is 6.07 Å². The number of nitrogens with zero attached hydrogens (tertiary/aromatic N) is 4. The van der Waals surface area contributed by atoms with Gasteiger partial charge in [0, 0.05) is 26.7 Å². The van der Waals surface area contributed by atoms with Crippen LogP contribution in [0.1, 0.15) is 18.3 Å². The van der Waals surface area contributed by atoms with Gasteiger partial charge in [-0.3, -0.25) is 9.58 Å². The lowest BCUT2D eigenvalue weighted by Gasteiger charge is -2.29. The Morgan fingerprint density at radius 1 is 1.61 bits per heavy atom. The van der Waals surface area contributed by atoms with E-state index in [0.717, 1.165) is 35.4 Å². The van der Waals surface area contributed by atoms with Gasteiger partial charge in [-0.05, 0) is 22.4 Å². The smallest absolute Gasteiger partial charge is 0.156 e. The fourth-order valence-electron chi connectivity index (χ4n) is 2.13. The third kappa shape index (κ3) is 2.74. The van der Waals surface area contributed by atoms with Gasteiger partial charge in [0.05, 0.1) is 28.5 Å². The molecule has 0 bridgehead atoms. The summed E-state index contributed by atoms with van der Waals surface area (Å²) in [6.45, 7) is 5.03. The number of morpholine rings is 1. The van der Waals surface area contributed by atoms with Crippen molar-refractivity contribution in [3.63, 3.8) is 0 Å². The molecular formula is C12H17BrN4O. The molecule has 98 valence electrons. The zero-order valence-electron chi connectivity index (χ0n) is 10.7. The van der Waals surface area contributed by atoms with Crippen LogP contribution in [0.2, 0.25) is 0 Å². The van der Waals surface area contributed by atoms with Crippen molar-refractivity contribution < 1.29 is 4.74 Å². The van der Waals surface area contributed by atoms with Crippen LogP contribution in [0.5, 0.6) is 0 Å². The average Bonchev–Trinajstić information content (AvgIpc) is 2.66. The molecule has 1 atom stereocenters. The quantitative estimate of drug-likeness (QED) is 0.848. The first kappa shape index (κ1) is 13.5. The Morgan fingerprint density at radius 2 is 2.39 bits per heavy atom. The highest BCUT2D eigenvalue weighted by molar-refractivity contribution is 9.10. The van der Waals surface area contributed by atoms with Crippen molar-refractivity contribution >= 4 is 15.9 Å². The molecule has 0 saturated carbocycles. The van der Waals surface area contributed by atoms with Crippen LogP contribution in [0, 0.1) is 11.3 Å². The molecule has 1 aromatic heterocycles. The van der Waals surface area contributed by atoms with Gasteiger partial charge in [-0.2, -0.15) is 10.4 Å². The van der Waals surface area contributed by atoms with E-state index in [1.165, 1.54) is 0 Å². The van der Waals surface area contributed by atoms with Crippen molar-refractivity contribution in [1.82, 2.24) is 14.7 Å². The van der Waals surface area contributed by atoms with Crippen LogP contribution in [0.4, 0.5) is 0 Å². The molecule has 1 saturated heterocycles. The summed E-state index contributed by atoms with van der Waals surface area (Å²) in [6.07, 6.45) is 0.606. The summed E-state index contributed by atoms with van der Waals surface area (Å²) >= 11 is 3.62. The monoisotopic (exact) mass is 312 g/mol. The summed E-state index contributed by atoms with van der Waals surface area (Å²) < 4.78 is 8.35. The van der Waals surface area contributed by atoms with Crippen molar-refractivity contribution in [2.24, 2.45) is 7.05 Å². The van der Waals surface area contributed by atoms with Crippen LogP contribution in [0.3, 0.4) is 0 Å². The molecule has 18 heavy (non-hydrogen) atoms. The lowest BCUT2D eigenvalue weighted by Crippen LogP contribution is -2.41. The topological polar surface area (TPSA) is 54.1 Å². The van der Waals surface area contributed by atoms with Gasteiger partial charge in [0.15, 0.2) is 6.10 Å². The Labute approximate surface area is 115 Å². The molecule has 2 heterocycles. The minimum Gasteiger partial charge on any atom is -0.361 e. The Morgan fingerprint density at radius 3 is 3.00 bits per heavy atom. The lowest BCUT2D eigenvalue weighted by molar-refractivity contribution is -0.00357. The van der Waals surface area contributed by atoms with E-state index in [-0.39, 0.29) is 6.10 Å². The first-order valence-corrected chi connectivity index (χ1v) is 6.88. The van der Waals surface area contributed by atoms with E-state index in [0.29, 0.717) is 13.2 Å². The van der Waals surface area contributed by atoms with Gasteiger partial charge in [0.2, 0.25) is 0 Å². The highest BCUT2D eigenvalue weighted by Crippen LogP contribution is 2.23. The molecular weight excluding hydrogens is 296 g/mol. The molecule has 0 amide bonds. The number of aryl methyl sites for hydroxylation is 2. The number of aromatic nitrogens is 2. The van der Waals surface area contributed by atoms with E-state index in [1.54, 1.807) is 0 Å². The lowest BCUT2D eigenvalue weighted by atomic mass is 10.2.